The van der Waals surface area contributed by atoms with Crippen molar-refractivity contribution in [3.05, 3.63) is 16.4 Å². The standard InChI is InChI=1S/C12H19ClN2O2/c1-7(2)6-8-9(11(16)17)10(13)15(14-8)12(3,4)5/h7H,6H2,1-5H3,(H,16,17). The van der Waals surface area contributed by atoms with Crippen molar-refractivity contribution in [3.63, 3.8) is 0 Å². The maximum absolute atomic E-state index is 11.2. The molecule has 0 spiro atoms. The predicted molar refractivity (Wildman–Crippen MR) is 67.7 cm³/mol. The molecule has 0 radical (unpaired) electrons. The van der Waals surface area contributed by atoms with E-state index in [1.54, 1.807) is 4.68 Å². The first kappa shape index (κ1) is 14.0. The van der Waals surface area contributed by atoms with E-state index < -0.39 is 5.97 Å². The van der Waals surface area contributed by atoms with Crippen molar-refractivity contribution < 1.29 is 9.90 Å². The van der Waals surface area contributed by atoms with Gasteiger partial charge in [0.25, 0.3) is 0 Å². The molecule has 0 aliphatic carbocycles. The largest absolute Gasteiger partial charge is 0.478 e. The number of carboxylic acid groups (broad SMARTS) is 1. The quantitative estimate of drug-likeness (QED) is 0.906. The van der Waals surface area contributed by atoms with Gasteiger partial charge in [0.2, 0.25) is 0 Å². The second-order valence-electron chi connectivity index (χ2n) is 5.60. The average Bonchev–Trinajstić information content (AvgIpc) is 2.40. The van der Waals surface area contributed by atoms with Crippen molar-refractivity contribution in [2.24, 2.45) is 5.92 Å². The lowest BCUT2D eigenvalue weighted by Crippen LogP contribution is -2.23. The van der Waals surface area contributed by atoms with E-state index in [1.807, 2.05) is 34.6 Å². The van der Waals surface area contributed by atoms with Crippen LogP contribution in [0.3, 0.4) is 0 Å². The van der Waals surface area contributed by atoms with Crippen LogP contribution in [-0.2, 0) is 12.0 Å². The number of aromatic nitrogens is 2. The van der Waals surface area contributed by atoms with E-state index in [-0.39, 0.29) is 16.3 Å². The molecule has 0 fully saturated rings. The Kier molecular flexibility index (Phi) is 3.87. The first-order valence-corrected chi connectivity index (χ1v) is 6.03. The Morgan fingerprint density at radius 3 is 2.35 bits per heavy atom. The molecule has 0 saturated heterocycles. The lowest BCUT2D eigenvalue weighted by molar-refractivity contribution is 0.0695. The second-order valence-corrected chi connectivity index (χ2v) is 5.96. The molecule has 0 saturated carbocycles. The number of aromatic carboxylic acids is 1. The Labute approximate surface area is 107 Å². The summed E-state index contributed by atoms with van der Waals surface area (Å²) < 4.78 is 1.58. The fourth-order valence-electron chi connectivity index (χ4n) is 1.63. The van der Waals surface area contributed by atoms with Gasteiger partial charge in [-0.15, -0.1) is 0 Å². The fraction of sp³-hybridized carbons (Fsp3) is 0.667. The van der Waals surface area contributed by atoms with E-state index >= 15 is 0 Å². The first-order chi connectivity index (χ1) is 7.64. The van der Waals surface area contributed by atoms with Gasteiger partial charge in [-0.2, -0.15) is 5.10 Å². The highest BCUT2D eigenvalue weighted by atomic mass is 35.5. The summed E-state index contributed by atoms with van der Waals surface area (Å²) in [5.41, 5.74) is 0.374. The third kappa shape index (κ3) is 3.00. The van der Waals surface area contributed by atoms with Crippen molar-refractivity contribution >= 4 is 17.6 Å². The molecule has 1 aromatic heterocycles. The van der Waals surface area contributed by atoms with E-state index in [4.69, 9.17) is 11.6 Å². The van der Waals surface area contributed by atoms with Crippen LogP contribution >= 0.6 is 11.6 Å². The lowest BCUT2D eigenvalue weighted by Gasteiger charge is -2.20. The Bertz CT molecular complexity index is 430. The van der Waals surface area contributed by atoms with Crippen LogP contribution in [-0.4, -0.2) is 20.9 Å². The summed E-state index contributed by atoms with van der Waals surface area (Å²) in [5.74, 6) is -0.673. The molecule has 0 atom stereocenters. The first-order valence-electron chi connectivity index (χ1n) is 5.65. The van der Waals surface area contributed by atoms with Crippen LogP contribution < -0.4 is 0 Å². The molecule has 0 aliphatic heterocycles. The molecule has 0 aromatic carbocycles. The minimum atomic E-state index is -1.01. The molecule has 96 valence electrons. The van der Waals surface area contributed by atoms with Crippen LogP contribution in [0.1, 0.15) is 50.7 Å². The topological polar surface area (TPSA) is 55.1 Å². The van der Waals surface area contributed by atoms with Crippen molar-refractivity contribution in [1.82, 2.24) is 9.78 Å². The summed E-state index contributed by atoms with van der Waals surface area (Å²) in [6.07, 6.45) is 0.616. The molecule has 1 rings (SSSR count). The maximum atomic E-state index is 11.2. The van der Waals surface area contributed by atoms with Gasteiger partial charge in [0, 0.05) is 0 Å². The van der Waals surface area contributed by atoms with E-state index in [2.05, 4.69) is 5.10 Å². The van der Waals surface area contributed by atoms with Gasteiger partial charge >= 0.3 is 5.97 Å². The van der Waals surface area contributed by atoms with Crippen LogP contribution in [0.15, 0.2) is 0 Å². The molecule has 5 heteroatoms. The Hall–Kier alpha value is -1.03. The van der Waals surface area contributed by atoms with Gasteiger partial charge in [0.1, 0.15) is 10.7 Å². The van der Waals surface area contributed by atoms with E-state index in [0.717, 1.165) is 0 Å². The second kappa shape index (κ2) is 4.69. The average molecular weight is 259 g/mol. The molecule has 1 N–H and O–H groups in total. The van der Waals surface area contributed by atoms with Crippen molar-refractivity contribution in [2.45, 2.75) is 46.6 Å². The SMILES string of the molecule is CC(C)Cc1nn(C(C)(C)C)c(Cl)c1C(=O)O. The summed E-state index contributed by atoms with van der Waals surface area (Å²) in [6, 6.07) is 0. The van der Waals surface area contributed by atoms with E-state index in [1.165, 1.54) is 0 Å². The molecule has 1 heterocycles. The number of carbonyl (C=O) groups is 1. The number of hydrogen-bond acceptors (Lipinski definition) is 2. The van der Waals surface area contributed by atoms with Crippen LogP contribution in [0, 0.1) is 5.92 Å². The zero-order valence-corrected chi connectivity index (χ0v) is 11.7. The van der Waals surface area contributed by atoms with Crippen molar-refractivity contribution in [2.75, 3.05) is 0 Å². The molecule has 0 amide bonds. The third-order valence-corrected chi connectivity index (χ3v) is 2.70. The van der Waals surface area contributed by atoms with Gasteiger partial charge in [-0.1, -0.05) is 25.4 Å². The molecular weight excluding hydrogens is 240 g/mol. The molecule has 1 aromatic rings. The number of halogens is 1. The van der Waals surface area contributed by atoms with Crippen LogP contribution in [0.5, 0.6) is 0 Å². The molecule has 4 nitrogen and oxygen atoms in total. The maximum Gasteiger partial charge on any atom is 0.340 e. The Morgan fingerprint density at radius 2 is 2.00 bits per heavy atom. The van der Waals surface area contributed by atoms with Gasteiger partial charge in [0.05, 0.1) is 11.2 Å². The van der Waals surface area contributed by atoms with Crippen molar-refractivity contribution in [3.8, 4) is 0 Å². The Morgan fingerprint density at radius 1 is 1.47 bits per heavy atom. The van der Waals surface area contributed by atoms with E-state index in [0.29, 0.717) is 18.0 Å². The van der Waals surface area contributed by atoms with Gasteiger partial charge in [0.15, 0.2) is 0 Å². The molecule has 17 heavy (non-hydrogen) atoms. The summed E-state index contributed by atoms with van der Waals surface area (Å²) in [7, 11) is 0. The molecule has 0 aliphatic rings. The summed E-state index contributed by atoms with van der Waals surface area (Å²) >= 11 is 6.11. The number of nitrogens with zero attached hydrogens (tertiary/aromatic N) is 2. The number of hydrogen-bond donors (Lipinski definition) is 1. The number of carboxylic acids is 1. The molecule has 0 unspecified atom stereocenters. The highest BCUT2D eigenvalue weighted by Crippen LogP contribution is 2.27. The van der Waals surface area contributed by atoms with Crippen molar-refractivity contribution in [1.29, 1.82) is 0 Å². The van der Waals surface area contributed by atoms with Crippen LogP contribution in [0.25, 0.3) is 0 Å². The monoisotopic (exact) mass is 258 g/mol. The van der Waals surface area contributed by atoms with Gasteiger partial charge in [-0.25, -0.2) is 9.48 Å². The number of rotatable bonds is 3. The molecule has 0 bridgehead atoms. The predicted octanol–water partition coefficient (Wildman–Crippen LogP) is 3.19. The summed E-state index contributed by atoms with van der Waals surface area (Å²) in [5, 5.41) is 13.8. The molecular formula is C12H19ClN2O2. The van der Waals surface area contributed by atoms with Gasteiger partial charge in [-0.3, -0.25) is 0 Å². The highest BCUT2D eigenvalue weighted by Gasteiger charge is 2.27. The Balaban J connectivity index is 3.35. The minimum Gasteiger partial charge on any atom is -0.478 e. The van der Waals surface area contributed by atoms with E-state index in [9.17, 15) is 9.90 Å². The van der Waals surface area contributed by atoms with Crippen LogP contribution in [0.4, 0.5) is 0 Å². The summed E-state index contributed by atoms with van der Waals surface area (Å²) in [4.78, 5) is 11.2. The summed E-state index contributed by atoms with van der Waals surface area (Å²) in [6.45, 7) is 9.87. The fourth-order valence-corrected chi connectivity index (χ4v) is 2.11. The normalized spacial score (nSPS) is 12.2. The zero-order chi connectivity index (χ0) is 13.4. The third-order valence-electron chi connectivity index (χ3n) is 2.35. The smallest absolute Gasteiger partial charge is 0.340 e. The highest BCUT2D eigenvalue weighted by molar-refractivity contribution is 6.32. The van der Waals surface area contributed by atoms with Crippen LogP contribution in [0.2, 0.25) is 5.15 Å². The zero-order valence-electron chi connectivity index (χ0n) is 10.9. The lowest BCUT2D eigenvalue weighted by atomic mass is 10.1. The van der Waals surface area contributed by atoms with Gasteiger partial charge in [-0.05, 0) is 33.1 Å². The van der Waals surface area contributed by atoms with Gasteiger partial charge < -0.3 is 5.11 Å². The minimum absolute atomic E-state index is 0.135.